The Morgan fingerprint density at radius 1 is 1.12 bits per heavy atom. The van der Waals surface area contributed by atoms with Crippen molar-refractivity contribution in [2.45, 2.75) is 11.3 Å². The molecular formula is C16H16BrClO5S. The van der Waals surface area contributed by atoms with Crippen molar-refractivity contribution in [2.24, 2.45) is 0 Å². The first-order chi connectivity index (χ1) is 11.4. The molecule has 0 atom stereocenters. The van der Waals surface area contributed by atoms with E-state index in [1.54, 1.807) is 37.4 Å². The van der Waals surface area contributed by atoms with Crippen molar-refractivity contribution in [3.63, 3.8) is 0 Å². The van der Waals surface area contributed by atoms with Crippen LogP contribution in [-0.2, 0) is 21.3 Å². The summed E-state index contributed by atoms with van der Waals surface area (Å²) in [6, 6.07) is 9.59. The minimum absolute atomic E-state index is 0.135. The lowest BCUT2D eigenvalue weighted by molar-refractivity contribution is 0.202. The maximum Gasteiger partial charge on any atom is 0.343 e. The zero-order chi connectivity index (χ0) is 17.7. The molecule has 8 heteroatoms. The van der Waals surface area contributed by atoms with Crippen molar-refractivity contribution in [1.82, 2.24) is 0 Å². The van der Waals surface area contributed by atoms with Gasteiger partial charge in [-0.05, 0) is 52.2 Å². The number of rotatable bonds is 7. The van der Waals surface area contributed by atoms with E-state index in [1.165, 1.54) is 13.2 Å². The number of halogens is 2. The van der Waals surface area contributed by atoms with Crippen LogP contribution in [0.5, 0.6) is 11.5 Å². The van der Waals surface area contributed by atoms with Crippen LogP contribution < -0.4 is 8.92 Å². The van der Waals surface area contributed by atoms with Crippen molar-refractivity contribution in [2.75, 3.05) is 20.8 Å². The summed E-state index contributed by atoms with van der Waals surface area (Å²) in [6.45, 7) is 0.590. The Morgan fingerprint density at radius 2 is 1.79 bits per heavy atom. The van der Waals surface area contributed by atoms with E-state index in [2.05, 4.69) is 15.9 Å². The quantitative estimate of drug-likeness (QED) is 0.614. The van der Waals surface area contributed by atoms with Crippen molar-refractivity contribution in [3.05, 3.63) is 51.5 Å². The molecule has 130 valence electrons. The highest BCUT2D eigenvalue weighted by Gasteiger charge is 2.24. The summed E-state index contributed by atoms with van der Waals surface area (Å²) in [5.41, 5.74) is 1.02. The highest BCUT2D eigenvalue weighted by Crippen LogP contribution is 2.36. The van der Waals surface area contributed by atoms with Gasteiger partial charge in [0.25, 0.3) is 0 Å². The lowest BCUT2D eigenvalue weighted by Crippen LogP contribution is -2.11. The van der Waals surface area contributed by atoms with E-state index >= 15 is 0 Å². The average molecular weight is 436 g/mol. The molecule has 0 saturated heterocycles. The summed E-state index contributed by atoms with van der Waals surface area (Å²) < 4.78 is 40.8. The molecule has 5 nitrogen and oxygen atoms in total. The van der Waals surface area contributed by atoms with Gasteiger partial charge in [0.15, 0.2) is 10.6 Å². The molecule has 0 N–H and O–H groups in total. The zero-order valence-electron chi connectivity index (χ0n) is 13.1. The summed E-state index contributed by atoms with van der Waals surface area (Å²) in [5.74, 6) is 0.338. The monoisotopic (exact) mass is 434 g/mol. The second-order valence-electron chi connectivity index (χ2n) is 4.84. The van der Waals surface area contributed by atoms with Crippen LogP contribution in [0.2, 0.25) is 5.02 Å². The molecule has 0 fully saturated rings. The number of ether oxygens (including phenoxy) is 2. The fraction of sp³-hybridized carbons (Fsp3) is 0.250. The average Bonchev–Trinajstić information content (AvgIpc) is 2.53. The minimum Gasteiger partial charge on any atom is -0.494 e. The van der Waals surface area contributed by atoms with Gasteiger partial charge in [0.1, 0.15) is 5.75 Å². The Morgan fingerprint density at radius 3 is 2.38 bits per heavy atom. The molecular weight excluding hydrogens is 420 g/mol. The molecule has 0 radical (unpaired) electrons. The molecule has 0 bridgehead atoms. The van der Waals surface area contributed by atoms with Gasteiger partial charge in [0.05, 0.1) is 18.2 Å². The predicted octanol–water partition coefficient (Wildman–Crippen LogP) is 4.07. The number of benzene rings is 2. The van der Waals surface area contributed by atoms with Crippen LogP contribution in [0.15, 0.2) is 45.8 Å². The Labute approximate surface area is 154 Å². The standard InChI is InChI=1S/C16H16BrClO5S/c1-21-8-7-11-3-5-13(6-4-11)23-24(19,20)15-10-12(18)9-14(17)16(15)22-2/h3-6,9-10H,7-8H2,1-2H3. The Balaban J connectivity index is 2.29. The SMILES string of the molecule is COCCc1ccc(OS(=O)(=O)c2cc(Cl)cc(Br)c2OC)cc1. The van der Waals surface area contributed by atoms with Crippen LogP contribution in [0.1, 0.15) is 5.56 Å². The molecule has 0 unspecified atom stereocenters. The molecule has 2 aromatic carbocycles. The van der Waals surface area contributed by atoms with Crippen molar-refractivity contribution in [1.29, 1.82) is 0 Å². The van der Waals surface area contributed by atoms with Gasteiger partial charge < -0.3 is 13.7 Å². The smallest absolute Gasteiger partial charge is 0.343 e. The summed E-state index contributed by atoms with van der Waals surface area (Å²) >= 11 is 9.17. The Kier molecular flexibility index (Phi) is 6.51. The van der Waals surface area contributed by atoms with E-state index in [4.69, 9.17) is 25.3 Å². The fourth-order valence-corrected chi connectivity index (χ4v) is 4.34. The maximum atomic E-state index is 12.5. The van der Waals surface area contributed by atoms with E-state index in [0.717, 1.165) is 12.0 Å². The third kappa shape index (κ3) is 4.63. The van der Waals surface area contributed by atoms with Gasteiger partial charge in [0.2, 0.25) is 0 Å². The molecule has 0 amide bonds. The van der Waals surface area contributed by atoms with Crippen LogP contribution in [0.25, 0.3) is 0 Å². The van der Waals surface area contributed by atoms with E-state index in [9.17, 15) is 8.42 Å². The van der Waals surface area contributed by atoms with Crippen LogP contribution in [0.4, 0.5) is 0 Å². The van der Waals surface area contributed by atoms with Gasteiger partial charge in [-0.2, -0.15) is 8.42 Å². The fourth-order valence-electron chi connectivity index (χ4n) is 2.02. The van der Waals surface area contributed by atoms with E-state index in [1.807, 2.05) is 0 Å². The van der Waals surface area contributed by atoms with Crippen LogP contribution in [0.3, 0.4) is 0 Å². The minimum atomic E-state index is -4.10. The third-order valence-corrected chi connectivity index (χ3v) is 5.23. The molecule has 0 saturated carbocycles. The molecule has 0 aliphatic heterocycles. The first-order valence-electron chi connectivity index (χ1n) is 6.93. The van der Waals surface area contributed by atoms with Gasteiger partial charge >= 0.3 is 10.1 Å². The summed E-state index contributed by atoms with van der Waals surface area (Å²) in [6.07, 6.45) is 0.735. The maximum absolute atomic E-state index is 12.5. The molecule has 0 heterocycles. The molecule has 2 aromatic rings. The highest BCUT2D eigenvalue weighted by atomic mass is 79.9. The second kappa shape index (κ2) is 8.20. The second-order valence-corrected chi connectivity index (χ2v) is 7.65. The molecule has 0 spiro atoms. The van der Waals surface area contributed by atoms with Crippen molar-refractivity contribution >= 4 is 37.6 Å². The number of methoxy groups -OCH3 is 2. The van der Waals surface area contributed by atoms with Gasteiger partial charge in [-0.1, -0.05) is 23.7 Å². The largest absolute Gasteiger partial charge is 0.494 e. The summed E-state index contributed by atoms with van der Waals surface area (Å²) in [4.78, 5) is -0.146. The van der Waals surface area contributed by atoms with Crippen molar-refractivity contribution < 1.29 is 22.1 Å². The lowest BCUT2D eigenvalue weighted by atomic mass is 10.1. The topological polar surface area (TPSA) is 61.8 Å². The Bertz CT molecular complexity index is 806. The molecule has 2 rings (SSSR count). The number of hydrogen-bond acceptors (Lipinski definition) is 5. The van der Waals surface area contributed by atoms with Gasteiger partial charge in [-0.15, -0.1) is 0 Å². The number of hydrogen-bond donors (Lipinski definition) is 0. The van der Waals surface area contributed by atoms with Gasteiger partial charge in [0, 0.05) is 12.1 Å². The van der Waals surface area contributed by atoms with Gasteiger partial charge in [-0.25, -0.2) is 0 Å². The van der Waals surface area contributed by atoms with Crippen LogP contribution in [0, 0.1) is 0 Å². The third-order valence-electron chi connectivity index (χ3n) is 3.17. The predicted molar refractivity (Wildman–Crippen MR) is 95.5 cm³/mol. The molecule has 0 aromatic heterocycles. The van der Waals surface area contributed by atoms with E-state index < -0.39 is 10.1 Å². The van der Waals surface area contributed by atoms with Crippen LogP contribution in [-0.4, -0.2) is 29.2 Å². The van der Waals surface area contributed by atoms with Gasteiger partial charge in [-0.3, -0.25) is 0 Å². The molecule has 0 aliphatic carbocycles. The van der Waals surface area contributed by atoms with E-state index in [0.29, 0.717) is 11.1 Å². The van der Waals surface area contributed by atoms with E-state index in [-0.39, 0.29) is 21.4 Å². The summed E-state index contributed by atoms with van der Waals surface area (Å²) in [7, 11) is -1.10. The highest BCUT2D eigenvalue weighted by molar-refractivity contribution is 9.10. The first-order valence-corrected chi connectivity index (χ1v) is 9.50. The zero-order valence-corrected chi connectivity index (χ0v) is 16.2. The molecule has 0 aliphatic rings. The molecule has 24 heavy (non-hydrogen) atoms. The van der Waals surface area contributed by atoms with Crippen LogP contribution >= 0.6 is 27.5 Å². The Hall–Kier alpha value is -1.28. The van der Waals surface area contributed by atoms with Crippen molar-refractivity contribution in [3.8, 4) is 11.5 Å². The normalized spacial score (nSPS) is 11.3. The lowest BCUT2D eigenvalue weighted by Gasteiger charge is -2.13. The first kappa shape index (κ1) is 19.1. The summed E-state index contributed by atoms with van der Waals surface area (Å²) in [5, 5.41) is 0.250.